The molecule has 65 heavy (non-hydrogen) atoms. The summed E-state index contributed by atoms with van der Waals surface area (Å²) in [5, 5.41) is 10.7. The molecule has 0 fully saturated rings. The highest BCUT2D eigenvalue weighted by atomic mass is 35.5. The van der Waals surface area contributed by atoms with E-state index in [1.54, 1.807) is 45.2 Å². The number of aldehydes is 2. The topological polar surface area (TPSA) is 177 Å². The number of rotatable bonds is 6. The lowest BCUT2D eigenvalue weighted by Crippen LogP contribution is -2.78. The van der Waals surface area contributed by atoms with Crippen LogP contribution in [-0.2, 0) is 30.5 Å². The third-order valence-electron chi connectivity index (χ3n) is 4.78. The van der Waals surface area contributed by atoms with Gasteiger partial charge in [0.2, 0.25) is 0 Å². The lowest BCUT2D eigenvalue weighted by atomic mass is 10.1. The molecule has 0 aliphatic rings. The maximum absolute atomic E-state index is 10.9. The van der Waals surface area contributed by atoms with E-state index in [4.69, 9.17) is 30.8 Å². The Bertz CT molecular complexity index is 1390. The number of aryl methyl sites for hydroxylation is 2. The largest absolute Gasteiger partial charge is 0.478 e. The number of quaternary nitrogens is 1. The second kappa shape index (κ2) is 91.0. The fourth-order valence-electron chi connectivity index (χ4n) is 2.47. The summed E-state index contributed by atoms with van der Waals surface area (Å²) in [6, 6.07) is 23.9. The fraction of sp³-hybridized carbons (Fsp3) is 0.577. The zero-order valence-electron chi connectivity index (χ0n) is 43.9. The van der Waals surface area contributed by atoms with E-state index in [0.29, 0.717) is 12.0 Å². The molecule has 0 saturated carbocycles. The lowest BCUT2D eigenvalue weighted by molar-refractivity contribution is -0.623. The van der Waals surface area contributed by atoms with Crippen molar-refractivity contribution in [3.05, 3.63) is 101 Å². The van der Waals surface area contributed by atoms with Crippen LogP contribution in [0.1, 0.15) is 191 Å². The third-order valence-corrected chi connectivity index (χ3v) is 6.64. The summed E-state index contributed by atoms with van der Waals surface area (Å²) in [5.74, 6) is -0.152. The summed E-state index contributed by atoms with van der Waals surface area (Å²) in [4.78, 5) is 39.6. The van der Waals surface area contributed by atoms with Crippen molar-refractivity contribution in [2.24, 2.45) is 0 Å². The molecule has 4 N–H and O–H groups in total. The summed E-state index contributed by atoms with van der Waals surface area (Å²) in [5.41, 5.74) is 3.16. The predicted molar refractivity (Wildman–Crippen MR) is 294 cm³/mol. The monoisotopic (exact) mass is 987 g/mol. The van der Waals surface area contributed by atoms with Gasteiger partial charge < -0.3 is 20.0 Å². The third kappa shape index (κ3) is 115. The molecule has 0 aliphatic carbocycles. The van der Waals surface area contributed by atoms with Gasteiger partial charge in [-0.3, -0.25) is 13.6 Å². The molecule has 3 aromatic rings. The van der Waals surface area contributed by atoms with Crippen molar-refractivity contribution in [1.29, 1.82) is 0 Å². The number of alkyl halides is 1. The molecule has 390 valence electrons. The summed E-state index contributed by atoms with van der Waals surface area (Å²) in [7, 11) is -2.46. The molecule has 0 aromatic heterocycles. The Labute approximate surface area is 411 Å². The van der Waals surface area contributed by atoms with Crippen LogP contribution in [0.4, 0.5) is 0 Å². The number of ketones is 1. The van der Waals surface area contributed by atoms with E-state index in [0.717, 1.165) is 34.5 Å². The Hall–Kier alpha value is -3.55. The second-order valence-electron chi connectivity index (χ2n) is 10.6. The van der Waals surface area contributed by atoms with Crippen LogP contribution in [-0.4, -0.2) is 78.1 Å². The van der Waals surface area contributed by atoms with Gasteiger partial charge >= 0.3 is 5.97 Å². The quantitative estimate of drug-likeness (QED) is 0.0939. The van der Waals surface area contributed by atoms with Crippen molar-refractivity contribution >= 4 is 56.8 Å². The predicted octanol–water partition coefficient (Wildman–Crippen LogP) is 14.7. The highest BCUT2D eigenvalue weighted by Gasteiger charge is 2.03. The van der Waals surface area contributed by atoms with Gasteiger partial charge in [0, 0.05) is 33.4 Å². The first-order valence-corrected chi connectivity index (χ1v) is 25.8. The molecule has 1 atom stereocenters. The Morgan fingerprint density at radius 1 is 0.692 bits per heavy atom. The number of benzene rings is 3. The highest BCUT2D eigenvalue weighted by molar-refractivity contribution is 7.85. The zero-order chi connectivity index (χ0) is 52.7. The van der Waals surface area contributed by atoms with Crippen molar-refractivity contribution in [2.45, 2.75) is 177 Å². The smallest absolute Gasteiger partial charge is 0.335 e. The van der Waals surface area contributed by atoms with Crippen molar-refractivity contribution in [1.82, 2.24) is 0 Å². The van der Waals surface area contributed by atoms with Crippen molar-refractivity contribution in [3.8, 4) is 0 Å². The van der Waals surface area contributed by atoms with Gasteiger partial charge in [0.25, 0.3) is 10.1 Å². The van der Waals surface area contributed by atoms with E-state index in [1.807, 2.05) is 130 Å². The molecule has 10 nitrogen and oxygen atoms in total. The van der Waals surface area contributed by atoms with E-state index in [9.17, 15) is 22.2 Å². The van der Waals surface area contributed by atoms with Gasteiger partial charge in [0.15, 0.2) is 5.78 Å². The first-order chi connectivity index (χ1) is 29.8. The van der Waals surface area contributed by atoms with E-state index in [1.165, 1.54) is 38.8 Å². The molecular formula is C52H105ClNO9S2+. The van der Waals surface area contributed by atoms with Gasteiger partial charge in [-0.1, -0.05) is 191 Å². The number of hydrogen-bond acceptors (Lipinski definition) is 7. The van der Waals surface area contributed by atoms with Crippen LogP contribution in [0.25, 0.3) is 0 Å². The summed E-state index contributed by atoms with van der Waals surface area (Å²) in [6.07, 6.45) is 6.16. The molecule has 0 aliphatic heterocycles. The van der Waals surface area contributed by atoms with Gasteiger partial charge in [0.05, 0.1) is 24.9 Å². The maximum atomic E-state index is 10.9. The van der Waals surface area contributed by atoms with Gasteiger partial charge in [0.1, 0.15) is 12.6 Å². The summed E-state index contributed by atoms with van der Waals surface area (Å²) >= 11 is 5.00. The first kappa shape index (κ1) is 95.7. The molecule has 0 spiro atoms. The second-order valence-corrected chi connectivity index (χ2v) is 14.1. The zero-order valence-corrected chi connectivity index (χ0v) is 46.3. The molecule has 0 radical (unpaired) electrons. The van der Waals surface area contributed by atoms with E-state index in [-0.39, 0.29) is 26.4 Å². The Kier molecular flexibility index (Phi) is 134. The van der Waals surface area contributed by atoms with Gasteiger partial charge in [-0.05, 0) is 71.7 Å². The number of carbonyl (C=O) groups is 4. The number of carbonyl (C=O) groups excluding carboxylic acids is 3. The molecular weight excluding hydrogens is 882 g/mol. The Balaban J connectivity index is -0.0000000426. The number of aromatic carboxylic acids is 1. The van der Waals surface area contributed by atoms with Gasteiger partial charge in [-0.15, -0.1) is 11.6 Å². The number of carboxylic acids is 1. The number of hydrogen-bond donors (Lipinski definition) is 3. The van der Waals surface area contributed by atoms with Crippen LogP contribution in [0.5, 0.6) is 0 Å². The minimum absolute atomic E-state index is 0. The van der Waals surface area contributed by atoms with Crippen molar-refractivity contribution in [2.75, 3.05) is 31.5 Å². The van der Waals surface area contributed by atoms with Crippen LogP contribution in [0.15, 0.2) is 83.8 Å². The molecule has 0 amide bonds. The highest BCUT2D eigenvalue weighted by Crippen LogP contribution is 2.06. The minimum atomic E-state index is -3.67. The standard InChI is InChI=1S/C8H8O2.C8H10OS.C8H8O.C3H9N.C3H8O3S.2C3H8.C2H5Cl.2C2H4O.4C2H6.2CH4/c1-6-4-2-3-5-7(6)8(9)10;1-7-3-5-8(6-4-7)10(2)9;1-7(9)8-5-3-2-4-6-8;1-3-4-2;1-2-3-7(4,5)6;2*1-3-2;3*1-2-3;4*1-2;;/h2-5H,1H3,(H,9,10);3-6H,1-2H3;2-6H,1H3;4H,3H2,1-2H3;2-3H2,1H3,(H,4,5,6);2*3H2,1-2H3;2H2,1H3;2*2H,1H3;4*1-2H3;2*1H4/p+1. The first-order valence-electron chi connectivity index (χ1n) is 22.1. The Morgan fingerprint density at radius 3 is 1.15 bits per heavy atom. The number of halogens is 1. The molecule has 0 saturated heterocycles. The molecule has 0 bridgehead atoms. The molecule has 3 rings (SSSR count). The van der Waals surface area contributed by atoms with Crippen LogP contribution in [0.2, 0.25) is 0 Å². The van der Waals surface area contributed by atoms with Crippen LogP contribution >= 0.6 is 11.6 Å². The average molecular weight is 988 g/mol. The lowest BCUT2D eigenvalue weighted by Gasteiger charge is -1.96. The number of Topliss-reactive ketones (excluding diaryl/α,β-unsaturated/α-hetero) is 1. The van der Waals surface area contributed by atoms with Gasteiger partial charge in [-0.25, -0.2) is 4.79 Å². The molecule has 1 unspecified atom stereocenters. The fourth-order valence-corrected chi connectivity index (χ4v) is 3.51. The van der Waals surface area contributed by atoms with Crippen LogP contribution in [0, 0.1) is 13.8 Å². The van der Waals surface area contributed by atoms with Crippen LogP contribution < -0.4 is 5.32 Å². The van der Waals surface area contributed by atoms with Crippen LogP contribution in [0.3, 0.4) is 0 Å². The summed E-state index contributed by atoms with van der Waals surface area (Å²) in [6.45, 7) is 39.6. The maximum Gasteiger partial charge on any atom is 0.335 e. The van der Waals surface area contributed by atoms with E-state index >= 15 is 0 Å². The van der Waals surface area contributed by atoms with E-state index in [2.05, 4.69) is 47.0 Å². The number of carboxylic acid groups (broad SMARTS) is 1. The van der Waals surface area contributed by atoms with Crippen molar-refractivity contribution < 1.29 is 46.8 Å². The minimum Gasteiger partial charge on any atom is -0.478 e. The molecule has 13 heteroatoms. The SMILES string of the molecule is C.C.CC.CC.CC.CC.CC(=O)c1ccccc1.CC=O.CC=O.CCC.CCC.CCCS(=O)(=O)O.CCCl.CC[NH2+]C.Cc1ccc(S(C)=O)cc1.Cc1ccccc1C(=O)O. The normalized spacial score (nSPS) is 8.00. The average Bonchev–Trinajstić information content (AvgIpc) is 3.26. The van der Waals surface area contributed by atoms with Crippen molar-refractivity contribution in [3.63, 3.8) is 0 Å². The van der Waals surface area contributed by atoms with Gasteiger partial charge in [-0.2, -0.15) is 8.42 Å². The molecule has 0 heterocycles. The number of nitrogens with two attached hydrogens (primary N) is 1. The van der Waals surface area contributed by atoms with E-state index < -0.39 is 26.9 Å². The molecule has 3 aromatic carbocycles. The Morgan fingerprint density at radius 2 is 0.985 bits per heavy atom. The summed E-state index contributed by atoms with van der Waals surface area (Å²) < 4.78 is 38.4.